The fourth-order valence-electron chi connectivity index (χ4n) is 3.17. The zero-order valence-corrected chi connectivity index (χ0v) is 16.8. The molecule has 0 unspecified atom stereocenters. The van der Waals surface area contributed by atoms with Gasteiger partial charge in [0.15, 0.2) is 17.2 Å². The number of rotatable bonds is 9. The number of nitrogens with zero attached hydrogens (tertiary/aromatic N) is 1. The van der Waals surface area contributed by atoms with Gasteiger partial charge in [-0.25, -0.2) is 4.79 Å². The Morgan fingerprint density at radius 1 is 1.10 bits per heavy atom. The molecule has 1 heterocycles. The Kier molecular flexibility index (Phi) is 6.94. The van der Waals surface area contributed by atoms with E-state index >= 15 is 0 Å². The number of esters is 1. The van der Waals surface area contributed by atoms with E-state index in [2.05, 4.69) is 5.32 Å². The minimum Gasteiger partial charge on any atom is -0.490 e. The lowest BCUT2D eigenvalue weighted by Gasteiger charge is -2.29. The molecule has 0 saturated heterocycles. The third kappa shape index (κ3) is 5.40. The molecule has 2 aromatic rings. The van der Waals surface area contributed by atoms with Crippen molar-refractivity contribution in [3.63, 3.8) is 0 Å². The van der Waals surface area contributed by atoms with E-state index in [0.29, 0.717) is 37.7 Å². The van der Waals surface area contributed by atoms with Crippen LogP contribution in [0, 0.1) is 0 Å². The van der Waals surface area contributed by atoms with Gasteiger partial charge in [0.2, 0.25) is 5.91 Å². The summed E-state index contributed by atoms with van der Waals surface area (Å²) in [6.45, 7) is 5.62. The number of para-hydroxylation sites is 2. The lowest BCUT2D eigenvalue weighted by atomic mass is 10.1. The minimum atomic E-state index is -0.366. The Morgan fingerprint density at radius 3 is 2.66 bits per heavy atom. The van der Waals surface area contributed by atoms with E-state index in [9.17, 15) is 9.59 Å². The predicted molar refractivity (Wildman–Crippen MR) is 110 cm³/mol. The van der Waals surface area contributed by atoms with Gasteiger partial charge in [0.1, 0.15) is 6.54 Å². The van der Waals surface area contributed by atoms with Crippen molar-refractivity contribution in [2.75, 3.05) is 37.7 Å². The largest absolute Gasteiger partial charge is 0.490 e. The standard InChI is InChI=1S/C22H26N2O5/c1-3-27-19-10-9-16(13-20(19)28-4-2)11-12-23-21(25)14-24-15-22(26)29-18-8-6-5-7-17(18)24/h5-10,13H,3-4,11-12,14-15H2,1-2H3,(H,23,25). The molecule has 0 atom stereocenters. The lowest BCUT2D eigenvalue weighted by molar-refractivity contribution is -0.133. The Bertz CT molecular complexity index is 868. The summed E-state index contributed by atoms with van der Waals surface area (Å²) in [5, 5.41) is 2.91. The molecule has 0 aliphatic carbocycles. The topological polar surface area (TPSA) is 77.1 Å². The van der Waals surface area contributed by atoms with Crippen LogP contribution in [-0.2, 0) is 16.0 Å². The van der Waals surface area contributed by atoms with E-state index in [0.717, 1.165) is 17.0 Å². The van der Waals surface area contributed by atoms with Gasteiger partial charge in [-0.15, -0.1) is 0 Å². The number of ether oxygens (including phenoxy) is 3. The molecule has 0 radical (unpaired) electrons. The number of nitrogens with one attached hydrogen (secondary N) is 1. The first kappa shape index (κ1) is 20.5. The normalized spacial score (nSPS) is 12.8. The summed E-state index contributed by atoms with van der Waals surface area (Å²) in [4.78, 5) is 25.9. The third-order valence-electron chi connectivity index (χ3n) is 4.43. The van der Waals surface area contributed by atoms with E-state index in [4.69, 9.17) is 14.2 Å². The summed E-state index contributed by atoms with van der Waals surface area (Å²) in [5.41, 5.74) is 1.79. The zero-order valence-electron chi connectivity index (χ0n) is 16.8. The monoisotopic (exact) mass is 398 g/mol. The molecule has 0 saturated carbocycles. The molecule has 2 aromatic carbocycles. The van der Waals surface area contributed by atoms with Crippen molar-refractivity contribution in [2.24, 2.45) is 0 Å². The molecule has 0 bridgehead atoms. The Labute approximate surface area is 170 Å². The van der Waals surface area contributed by atoms with Gasteiger partial charge in [-0.3, -0.25) is 4.79 Å². The summed E-state index contributed by atoms with van der Waals surface area (Å²) in [7, 11) is 0. The van der Waals surface area contributed by atoms with Crippen LogP contribution >= 0.6 is 0 Å². The van der Waals surface area contributed by atoms with Gasteiger partial charge in [0.05, 0.1) is 25.4 Å². The molecular formula is C22H26N2O5. The second-order valence-corrected chi connectivity index (χ2v) is 6.54. The van der Waals surface area contributed by atoms with Crippen LogP contribution in [0.25, 0.3) is 0 Å². The highest BCUT2D eigenvalue weighted by molar-refractivity contribution is 5.89. The second-order valence-electron chi connectivity index (χ2n) is 6.54. The van der Waals surface area contributed by atoms with Crippen molar-refractivity contribution >= 4 is 17.6 Å². The summed E-state index contributed by atoms with van der Waals surface area (Å²) < 4.78 is 16.4. The summed E-state index contributed by atoms with van der Waals surface area (Å²) in [6, 6.07) is 13.0. The van der Waals surface area contributed by atoms with Crippen molar-refractivity contribution in [3.05, 3.63) is 48.0 Å². The van der Waals surface area contributed by atoms with Gasteiger partial charge in [-0.05, 0) is 50.1 Å². The van der Waals surface area contributed by atoms with E-state index in [-0.39, 0.29) is 25.0 Å². The van der Waals surface area contributed by atoms with Crippen molar-refractivity contribution in [3.8, 4) is 17.2 Å². The number of anilines is 1. The molecule has 3 rings (SSSR count). The minimum absolute atomic E-state index is 0.0566. The van der Waals surface area contributed by atoms with Gasteiger partial charge in [0.25, 0.3) is 0 Å². The molecule has 1 aliphatic rings. The number of hydrogen-bond donors (Lipinski definition) is 1. The molecular weight excluding hydrogens is 372 g/mol. The first-order valence-electron chi connectivity index (χ1n) is 9.80. The summed E-state index contributed by atoms with van der Waals surface area (Å²) >= 11 is 0. The molecule has 0 aromatic heterocycles. The van der Waals surface area contributed by atoms with E-state index in [1.54, 1.807) is 17.0 Å². The predicted octanol–water partition coefficient (Wildman–Crippen LogP) is 2.57. The molecule has 29 heavy (non-hydrogen) atoms. The second kappa shape index (κ2) is 9.82. The number of amides is 1. The smallest absolute Gasteiger partial charge is 0.331 e. The molecule has 7 heteroatoms. The van der Waals surface area contributed by atoms with Crippen LogP contribution in [0.2, 0.25) is 0 Å². The fraction of sp³-hybridized carbons (Fsp3) is 0.364. The van der Waals surface area contributed by atoms with Gasteiger partial charge in [-0.1, -0.05) is 18.2 Å². The van der Waals surface area contributed by atoms with Crippen LogP contribution in [0.1, 0.15) is 19.4 Å². The Balaban J connectivity index is 1.54. The van der Waals surface area contributed by atoms with Gasteiger partial charge < -0.3 is 24.4 Å². The van der Waals surface area contributed by atoms with Crippen molar-refractivity contribution in [2.45, 2.75) is 20.3 Å². The van der Waals surface area contributed by atoms with Crippen molar-refractivity contribution in [1.29, 1.82) is 0 Å². The van der Waals surface area contributed by atoms with Gasteiger partial charge >= 0.3 is 5.97 Å². The van der Waals surface area contributed by atoms with Gasteiger partial charge in [-0.2, -0.15) is 0 Å². The number of carbonyl (C=O) groups excluding carboxylic acids is 2. The van der Waals surface area contributed by atoms with Crippen LogP contribution in [0.3, 0.4) is 0 Å². The highest BCUT2D eigenvalue weighted by atomic mass is 16.5. The van der Waals surface area contributed by atoms with E-state index < -0.39 is 0 Å². The van der Waals surface area contributed by atoms with Crippen LogP contribution in [-0.4, -0.2) is 44.7 Å². The highest BCUT2D eigenvalue weighted by Crippen LogP contribution is 2.31. The maximum Gasteiger partial charge on any atom is 0.331 e. The number of carbonyl (C=O) groups is 2. The van der Waals surface area contributed by atoms with Crippen LogP contribution in [0.5, 0.6) is 17.2 Å². The van der Waals surface area contributed by atoms with Crippen molar-refractivity contribution in [1.82, 2.24) is 5.32 Å². The molecule has 154 valence electrons. The number of benzene rings is 2. The molecule has 1 amide bonds. The average Bonchev–Trinajstić information content (AvgIpc) is 2.70. The highest BCUT2D eigenvalue weighted by Gasteiger charge is 2.25. The SMILES string of the molecule is CCOc1ccc(CCNC(=O)CN2CC(=O)Oc3ccccc32)cc1OCC. The number of hydrogen-bond acceptors (Lipinski definition) is 6. The Hall–Kier alpha value is -3.22. The van der Waals surface area contributed by atoms with Crippen LogP contribution < -0.4 is 24.4 Å². The first-order chi connectivity index (χ1) is 14.1. The molecule has 0 spiro atoms. The summed E-state index contributed by atoms with van der Waals surface area (Å²) in [6.07, 6.45) is 0.664. The number of fused-ring (bicyclic) bond motifs is 1. The van der Waals surface area contributed by atoms with Gasteiger partial charge in [0, 0.05) is 6.54 Å². The summed E-state index contributed by atoms with van der Waals surface area (Å²) in [5.74, 6) is 1.40. The Morgan fingerprint density at radius 2 is 1.86 bits per heavy atom. The lowest BCUT2D eigenvalue weighted by Crippen LogP contribution is -2.43. The van der Waals surface area contributed by atoms with Crippen molar-refractivity contribution < 1.29 is 23.8 Å². The molecule has 7 nitrogen and oxygen atoms in total. The van der Waals surface area contributed by atoms with E-state index in [1.165, 1.54) is 0 Å². The third-order valence-corrected chi connectivity index (χ3v) is 4.43. The van der Waals surface area contributed by atoms with Crippen LogP contribution in [0.4, 0.5) is 5.69 Å². The average molecular weight is 398 g/mol. The maximum atomic E-state index is 12.4. The zero-order chi connectivity index (χ0) is 20.6. The van der Waals surface area contributed by atoms with E-state index in [1.807, 2.05) is 44.2 Å². The maximum absolute atomic E-state index is 12.4. The molecule has 1 aliphatic heterocycles. The first-order valence-corrected chi connectivity index (χ1v) is 9.80. The fourth-order valence-corrected chi connectivity index (χ4v) is 3.17. The molecule has 1 N–H and O–H groups in total. The quantitative estimate of drug-likeness (QED) is 0.517. The molecule has 0 fully saturated rings. The van der Waals surface area contributed by atoms with Crippen LogP contribution in [0.15, 0.2) is 42.5 Å².